The standard InChI is InChI=1S/C14H17N3OS/c1-9(2)12-13(15)16-8-17-14(12)18-10-4-6-11(19-3)7-5-10/h4-9H,1-3H3,(H2,15,16,17). The van der Waals surface area contributed by atoms with Crippen LogP contribution < -0.4 is 10.5 Å². The Morgan fingerprint density at radius 3 is 2.42 bits per heavy atom. The molecule has 0 amide bonds. The maximum absolute atomic E-state index is 5.89. The quantitative estimate of drug-likeness (QED) is 0.862. The van der Waals surface area contributed by atoms with Gasteiger partial charge in [-0.3, -0.25) is 0 Å². The first kappa shape index (κ1) is 13.7. The molecule has 0 spiro atoms. The van der Waals surface area contributed by atoms with E-state index < -0.39 is 0 Å². The molecule has 100 valence electrons. The van der Waals surface area contributed by atoms with Gasteiger partial charge in [-0.15, -0.1) is 11.8 Å². The summed E-state index contributed by atoms with van der Waals surface area (Å²) in [5, 5.41) is 0. The van der Waals surface area contributed by atoms with E-state index in [1.54, 1.807) is 11.8 Å². The van der Waals surface area contributed by atoms with Crippen molar-refractivity contribution in [3.63, 3.8) is 0 Å². The summed E-state index contributed by atoms with van der Waals surface area (Å²) in [6.45, 7) is 4.08. The zero-order chi connectivity index (χ0) is 13.8. The zero-order valence-electron chi connectivity index (χ0n) is 11.3. The summed E-state index contributed by atoms with van der Waals surface area (Å²) in [5.41, 5.74) is 6.73. The summed E-state index contributed by atoms with van der Waals surface area (Å²) in [7, 11) is 0. The molecule has 2 rings (SSSR count). The minimum absolute atomic E-state index is 0.210. The highest BCUT2D eigenvalue weighted by Gasteiger charge is 2.14. The smallest absolute Gasteiger partial charge is 0.227 e. The van der Waals surface area contributed by atoms with Crippen molar-refractivity contribution in [3.8, 4) is 11.6 Å². The Bertz CT molecular complexity index is 555. The van der Waals surface area contributed by atoms with Gasteiger partial charge in [0.15, 0.2) is 0 Å². The number of thioether (sulfide) groups is 1. The van der Waals surface area contributed by atoms with Crippen LogP contribution in [0, 0.1) is 0 Å². The fourth-order valence-electron chi connectivity index (χ4n) is 1.77. The van der Waals surface area contributed by atoms with Crippen molar-refractivity contribution in [1.82, 2.24) is 9.97 Å². The molecule has 4 nitrogen and oxygen atoms in total. The molecule has 1 aromatic heterocycles. The Morgan fingerprint density at radius 2 is 1.84 bits per heavy atom. The Hall–Kier alpha value is -1.75. The second-order valence-electron chi connectivity index (χ2n) is 4.41. The number of hydrogen-bond acceptors (Lipinski definition) is 5. The molecule has 0 aliphatic carbocycles. The molecule has 0 fully saturated rings. The minimum Gasteiger partial charge on any atom is -0.439 e. The van der Waals surface area contributed by atoms with Gasteiger partial charge in [0, 0.05) is 4.90 Å². The molecule has 0 unspecified atom stereocenters. The van der Waals surface area contributed by atoms with Crippen molar-refractivity contribution in [1.29, 1.82) is 0 Å². The Kier molecular flexibility index (Phi) is 4.27. The Balaban J connectivity index is 2.29. The monoisotopic (exact) mass is 275 g/mol. The van der Waals surface area contributed by atoms with Crippen molar-refractivity contribution in [2.75, 3.05) is 12.0 Å². The number of benzene rings is 1. The number of hydrogen-bond donors (Lipinski definition) is 1. The van der Waals surface area contributed by atoms with E-state index in [4.69, 9.17) is 10.5 Å². The van der Waals surface area contributed by atoms with Crippen LogP contribution in [0.4, 0.5) is 5.82 Å². The van der Waals surface area contributed by atoms with E-state index in [0.29, 0.717) is 11.7 Å². The molecule has 0 radical (unpaired) electrons. The molecule has 0 saturated heterocycles. The maximum atomic E-state index is 5.89. The van der Waals surface area contributed by atoms with Crippen molar-refractivity contribution < 1.29 is 4.74 Å². The largest absolute Gasteiger partial charge is 0.439 e. The molecule has 2 aromatic rings. The minimum atomic E-state index is 0.210. The summed E-state index contributed by atoms with van der Waals surface area (Å²) in [5.74, 6) is 1.96. The van der Waals surface area contributed by atoms with Crippen LogP contribution in [0.1, 0.15) is 25.3 Å². The molecule has 0 aliphatic heterocycles. The highest BCUT2D eigenvalue weighted by Crippen LogP contribution is 2.31. The van der Waals surface area contributed by atoms with Gasteiger partial charge in [0.25, 0.3) is 0 Å². The van der Waals surface area contributed by atoms with Gasteiger partial charge in [0.1, 0.15) is 17.9 Å². The lowest BCUT2D eigenvalue weighted by atomic mass is 10.1. The predicted octanol–water partition coefficient (Wildman–Crippen LogP) is 3.70. The summed E-state index contributed by atoms with van der Waals surface area (Å²) in [4.78, 5) is 9.39. The Labute approximate surface area is 117 Å². The molecule has 1 aromatic carbocycles. The number of aromatic nitrogens is 2. The van der Waals surface area contributed by atoms with Crippen LogP contribution in [0.3, 0.4) is 0 Å². The van der Waals surface area contributed by atoms with Gasteiger partial charge >= 0.3 is 0 Å². The third kappa shape index (κ3) is 3.17. The zero-order valence-corrected chi connectivity index (χ0v) is 12.1. The number of nitrogens with two attached hydrogens (primary N) is 1. The van der Waals surface area contributed by atoms with E-state index >= 15 is 0 Å². The summed E-state index contributed by atoms with van der Waals surface area (Å²) in [6.07, 6.45) is 3.46. The second-order valence-corrected chi connectivity index (χ2v) is 5.29. The third-order valence-corrected chi connectivity index (χ3v) is 3.47. The first-order valence-electron chi connectivity index (χ1n) is 6.04. The summed E-state index contributed by atoms with van der Waals surface area (Å²) >= 11 is 1.69. The van der Waals surface area contributed by atoms with Crippen LogP contribution in [0.2, 0.25) is 0 Å². The maximum Gasteiger partial charge on any atom is 0.227 e. The van der Waals surface area contributed by atoms with Crippen LogP contribution in [-0.2, 0) is 0 Å². The van der Waals surface area contributed by atoms with Gasteiger partial charge in [0.2, 0.25) is 5.88 Å². The topological polar surface area (TPSA) is 61.0 Å². The molecule has 0 saturated carbocycles. The summed E-state index contributed by atoms with van der Waals surface area (Å²) < 4.78 is 5.81. The molecule has 0 bridgehead atoms. The van der Waals surface area contributed by atoms with Gasteiger partial charge in [0.05, 0.1) is 5.56 Å². The fourth-order valence-corrected chi connectivity index (χ4v) is 2.18. The molecule has 2 N–H and O–H groups in total. The van der Waals surface area contributed by atoms with Gasteiger partial charge in [-0.2, -0.15) is 0 Å². The van der Waals surface area contributed by atoms with E-state index in [0.717, 1.165) is 11.3 Å². The van der Waals surface area contributed by atoms with Crippen LogP contribution in [0.25, 0.3) is 0 Å². The highest BCUT2D eigenvalue weighted by atomic mass is 32.2. The fraction of sp³-hybridized carbons (Fsp3) is 0.286. The molecule has 0 aliphatic rings. The van der Waals surface area contributed by atoms with E-state index in [-0.39, 0.29) is 5.92 Å². The third-order valence-electron chi connectivity index (χ3n) is 2.73. The SMILES string of the molecule is CSc1ccc(Oc2ncnc(N)c2C(C)C)cc1. The lowest BCUT2D eigenvalue weighted by Gasteiger charge is -2.13. The van der Waals surface area contributed by atoms with Crippen LogP contribution in [0.5, 0.6) is 11.6 Å². The number of ether oxygens (including phenoxy) is 1. The van der Waals surface area contributed by atoms with Crippen molar-refractivity contribution in [2.24, 2.45) is 0 Å². The van der Waals surface area contributed by atoms with Gasteiger partial charge in [-0.05, 0) is 36.4 Å². The predicted molar refractivity (Wildman–Crippen MR) is 78.8 cm³/mol. The number of anilines is 1. The average Bonchev–Trinajstić information content (AvgIpc) is 2.39. The van der Waals surface area contributed by atoms with Gasteiger partial charge in [-0.25, -0.2) is 9.97 Å². The number of nitrogens with zero attached hydrogens (tertiary/aromatic N) is 2. The molecular weight excluding hydrogens is 258 g/mol. The second kappa shape index (κ2) is 5.93. The van der Waals surface area contributed by atoms with Gasteiger partial charge < -0.3 is 10.5 Å². The van der Waals surface area contributed by atoms with Crippen molar-refractivity contribution >= 4 is 17.6 Å². The van der Waals surface area contributed by atoms with Crippen molar-refractivity contribution in [3.05, 3.63) is 36.2 Å². The first-order chi connectivity index (χ1) is 9.11. The number of rotatable bonds is 4. The van der Waals surface area contributed by atoms with Gasteiger partial charge in [-0.1, -0.05) is 13.8 Å². The molecular formula is C14H17N3OS. The molecule has 1 heterocycles. The molecule has 0 atom stereocenters. The van der Waals surface area contributed by atoms with Crippen LogP contribution in [0.15, 0.2) is 35.5 Å². The van der Waals surface area contributed by atoms with E-state index in [9.17, 15) is 0 Å². The van der Waals surface area contributed by atoms with E-state index in [2.05, 4.69) is 9.97 Å². The summed E-state index contributed by atoms with van der Waals surface area (Å²) in [6, 6.07) is 7.88. The average molecular weight is 275 g/mol. The lowest BCUT2D eigenvalue weighted by molar-refractivity contribution is 0.451. The first-order valence-corrected chi connectivity index (χ1v) is 7.26. The molecule has 5 heteroatoms. The molecule has 19 heavy (non-hydrogen) atoms. The lowest BCUT2D eigenvalue weighted by Crippen LogP contribution is -2.04. The van der Waals surface area contributed by atoms with Crippen molar-refractivity contribution in [2.45, 2.75) is 24.7 Å². The van der Waals surface area contributed by atoms with Crippen LogP contribution in [-0.4, -0.2) is 16.2 Å². The number of nitrogen functional groups attached to an aromatic ring is 1. The van der Waals surface area contributed by atoms with E-state index in [1.165, 1.54) is 11.2 Å². The highest BCUT2D eigenvalue weighted by molar-refractivity contribution is 7.98. The Morgan fingerprint density at radius 1 is 1.16 bits per heavy atom. The van der Waals surface area contributed by atoms with E-state index in [1.807, 2.05) is 44.4 Å². The normalized spacial score (nSPS) is 10.7. The van der Waals surface area contributed by atoms with Crippen LogP contribution >= 0.6 is 11.8 Å².